The molecular formula is C17H18Cl2N2S. The van der Waals surface area contributed by atoms with Gasteiger partial charge in [0.1, 0.15) is 0 Å². The summed E-state index contributed by atoms with van der Waals surface area (Å²) >= 11 is 17.7. The fourth-order valence-corrected chi connectivity index (χ4v) is 2.65. The van der Waals surface area contributed by atoms with Crippen LogP contribution >= 0.6 is 35.4 Å². The zero-order chi connectivity index (χ0) is 16.3. The molecule has 0 fully saturated rings. The summed E-state index contributed by atoms with van der Waals surface area (Å²) in [5, 5.41) is 5.06. The van der Waals surface area contributed by atoms with Gasteiger partial charge in [-0.15, -0.1) is 0 Å². The van der Waals surface area contributed by atoms with Crippen LogP contribution in [0.3, 0.4) is 0 Å². The monoisotopic (exact) mass is 352 g/mol. The van der Waals surface area contributed by atoms with Gasteiger partial charge in [0.05, 0.1) is 10.0 Å². The van der Waals surface area contributed by atoms with Crippen LogP contribution in [-0.4, -0.2) is 17.1 Å². The van der Waals surface area contributed by atoms with Crippen LogP contribution in [0, 0.1) is 13.8 Å². The molecule has 2 nitrogen and oxygen atoms in total. The lowest BCUT2D eigenvalue weighted by molar-refractivity contribution is 0.508. The lowest BCUT2D eigenvalue weighted by Gasteiger charge is -2.23. The van der Waals surface area contributed by atoms with Crippen LogP contribution in [0.25, 0.3) is 0 Å². The van der Waals surface area contributed by atoms with E-state index in [0.717, 1.165) is 11.3 Å². The summed E-state index contributed by atoms with van der Waals surface area (Å²) in [5.74, 6) is 0. The number of benzene rings is 2. The molecule has 0 atom stereocenters. The van der Waals surface area contributed by atoms with Crippen molar-refractivity contribution in [3.8, 4) is 0 Å². The molecular weight excluding hydrogens is 335 g/mol. The second-order valence-corrected chi connectivity index (χ2v) is 6.42. The molecule has 116 valence electrons. The number of halogens is 2. The SMILES string of the molecule is Cc1cccc(NC(=S)N(C)Cc2cccc(Cl)c2Cl)c1C. The number of nitrogens with zero attached hydrogens (tertiary/aromatic N) is 1. The predicted molar refractivity (Wildman–Crippen MR) is 100 cm³/mol. The van der Waals surface area contributed by atoms with E-state index < -0.39 is 0 Å². The van der Waals surface area contributed by atoms with Crippen molar-refractivity contribution in [2.75, 3.05) is 12.4 Å². The highest BCUT2D eigenvalue weighted by atomic mass is 35.5. The molecule has 0 spiro atoms. The van der Waals surface area contributed by atoms with Crippen molar-refractivity contribution < 1.29 is 0 Å². The first-order valence-electron chi connectivity index (χ1n) is 6.91. The van der Waals surface area contributed by atoms with Crippen molar-refractivity contribution in [2.24, 2.45) is 0 Å². The van der Waals surface area contributed by atoms with Crippen molar-refractivity contribution in [1.29, 1.82) is 0 Å². The highest BCUT2D eigenvalue weighted by molar-refractivity contribution is 7.80. The maximum Gasteiger partial charge on any atom is 0.173 e. The number of nitrogens with one attached hydrogen (secondary N) is 1. The van der Waals surface area contributed by atoms with E-state index in [-0.39, 0.29) is 0 Å². The maximum atomic E-state index is 6.23. The number of hydrogen-bond acceptors (Lipinski definition) is 1. The Labute approximate surface area is 147 Å². The molecule has 0 saturated carbocycles. The maximum absolute atomic E-state index is 6.23. The minimum atomic E-state index is 0.556. The summed E-state index contributed by atoms with van der Waals surface area (Å²) in [7, 11) is 1.93. The third-order valence-electron chi connectivity index (χ3n) is 3.63. The Hall–Kier alpha value is -1.29. The molecule has 0 aromatic heterocycles. The fraction of sp³-hybridized carbons (Fsp3) is 0.235. The topological polar surface area (TPSA) is 15.3 Å². The van der Waals surface area contributed by atoms with Crippen molar-refractivity contribution in [2.45, 2.75) is 20.4 Å². The minimum absolute atomic E-state index is 0.556. The van der Waals surface area contributed by atoms with Gasteiger partial charge in [-0.25, -0.2) is 0 Å². The number of hydrogen-bond donors (Lipinski definition) is 1. The Kier molecular flexibility index (Phi) is 5.68. The second kappa shape index (κ2) is 7.32. The molecule has 2 aromatic carbocycles. The minimum Gasteiger partial charge on any atom is -0.348 e. The van der Waals surface area contributed by atoms with E-state index in [2.05, 4.69) is 25.2 Å². The molecule has 0 bridgehead atoms. The molecule has 0 unspecified atom stereocenters. The number of thiocarbonyl (C=S) groups is 1. The highest BCUT2D eigenvalue weighted by Crippen LogP contribution is 2.26. The molecule has 2 rings (SSSR count). The first-order chi connectivity index (χ1) is 10.4. The van der Waals surface area contributed by atoms with Gasteiger partial charge in [0.25, 0.3) is 0 Å². The van der Waals surface area contributed by atoms with E-state index in [1.165, 1.54) is 11.1 Å². The average molecular weight is 353 g/mol. The first-order valence-corrected chi connectivity index (χ1v) is 8.07. The van der Waals surface area contributed by atoms with Crippen LogP contribution < -0.4 is 5.32 Å². The standard InChI is InChI=1S/C17H18Cl2N2S/c1-11-6-4-9-15(12(11)2)20-17(22)21(3)10-13-7-5-8-14(18)16(13)19/h4-9H,10H2,1-3H3,(H,20,22). The van der Waals surface area contributed by atoms with Crippen molar-refractivity contribution in [3.05, 3.63) is 63.1 Å². The van der Waals surface area contributed by atoms with Gasteiger partial charge in [0.15, 0.2) is 5.11 Å². The third kappa shape index (κ3) is 3.92. The van der Waals surface area contributed by atoms with Crippen LogP contribution in [0.1, 0.15) is 16.7 Å². The van der Waals surface area contributed by atoms with Crippen LogP contribution in [0.15, 0.2) is 36.4 Å². The van der Waals surface area contributed by atoms with E-state index in [0.29, 0.717) is 21.7 Å². The average Bonchev–Trinajstić information content (AvgIpc) is 2.48. The molecule has 2 aromatic rings. The van der Waals surface area contributed by atoms with Gasteiger partial charge >= 0.3 is 0 Å². The van der Waals surface area contributed by atoms with Crippen LogP contribution in [-0.2, 0) is 6.54 Å². The zero-order valence-corrected chi connectivity index (χ0v) is 15.1. The Morgan fingerprint density at radius 3 is 2.55 bits per heavy atom. The summed E-state index contributed by atoms with van der Waals surface area (Å²) in [6.07, 6.45) is 0. The third-order valence-corrected chi connectivity index (χ3v) is 4.90. The lowest BCUT2D eigenvalue weighted by atomic mass is 10.1. The van der Waals surface area contributed by atoms with Crippen molar-refractivity contribution in [1.82, 2.24) is 4.90 Å². The molecule has 22 heavy (non-hydrogen) atoms. The highest BCUT2D eigenvalue weighted by Gasteiger charge is 2.11. The predicted octanol–water partition coefficient (Wildman–Crippen LogP) is 5.44. The molecule has 0 heterocycles. The van der Waals surface area contributed by atoms with E-state index in [9.17, 15) is 0 Å². The summed E-state index contributed by atoms with van der Waals surface area (Å²) in [5.41, 5.74) is 4.39. The quantitative estimate of drug-likeness (QED) is 0.740. The Morgan fingerprint density at radius 2 is 1.82 bits per heavy atom. The van der Waals surface area contributed by atoms with E-state index in [1.807, 2.05) is 36.2 Å². The van der Waals surface area contributed by atoms with Crippen molar-refractivity contribution >= 4 is 46.2 Å². The molecule has 0 amide bonds. The van der Waals surface area contributed by atoms with Gasteiger partial charge in [0.2, 0.25) is 0 Å². The Balaban J connectivity index is 2.09. The fourth-order valence-electron chi connectivity index (χ4n) is 2.10. The number of aryl methyl sites for hydroxylation is 1. The largest absolute Gasteiger partial charge is 0.348 e. The van der Waals surface area contributed by atoms with E-state index >= 15 is 0 Å². The molecule has 0 radical (unpaired) electrons. The molecule has 0 aliphatic rings. The van der Waals surface area contributed by atoms with Gasteiger partial charge < -0.3 is 10.2 Å². The molecule has 0 aliphatic carbocycles. The normalized spacial score (nSPS) is 10.4. The Morgan fingerprint density at radius 1 is 1.14 bits per heavy atom. The molecule has 1 N–H and O–H groups in total. The first kappa shape index (κ1) is 17.1. The van der Waals surface area contributed by atoms with Crippen LogP contribution in [0.2, 0.25) is 10.0 Å². The molecule has 0 saturated heterocycles. The second-order valence-electron chi connectivity index (χ2n) is 5.25. The summed E-state index contributed by atoms with van der Waals surface area (Å²) in [6, 6.07) is 11.7. The summed E-state index contributed by atoms with van der Waals surface area (Å²) in [4.78, 5) is 1.94. The molecule has 5 heteroatoms. The smallest absolute Gasteiger partial charge is 0.173 e. The number of anilines is 1. The summed E-state index contributed by atoms with van der Waals surface area (Å²) < 4.78 is 0. The number of rotatable bonds is 3. The Bertz CT molecular complexity index is 701. The van der Waals surface area contributed by atoms with Crippen molar-refractivity contribution in [3.63, 3.8) is 0 Å². The zero-order valence-electron chi connectivity index (χ0n) is 12.8. The van der Waals surface area contributed by atoms with Gasteiger partial charge in [-0.1, -0.05) is 47.5 Å². The van der Waals surface area contributed by atoms with Gasteiger partial charge in [-0.2, -0.15) is 0 Å². The lowest BCUT2D eigenvalue weighted by Crippen LogP contribution is -2.31. The van der Waals surface area contributed by atoms with Gasteiger partial charge in [-0.05, 0) is 54.9 Å². The van der Waals surface area contributed by atoms with E-state index in [4.69, 9.17) is 35.4 Å². The van der Waals surface area contributed by atoms with Crippen LogP contribution in [0.4, 0.5) is 5.69 Å². The summed E-state index contributed by atoms with van der Waals surface area (Å²) in [6.45, 7) is 4.75. The molecule has 0 aliphatic heterocycles. The van der Waals surface area contributed by atoms with Gasteiger partial charge in [0, 0.05) is 19.3 Å². The van der Waals surface area contributed by atoms with Crippen LogP contribution in [0.5, 0.6) is 0 Å². The van der Waals surface area contributed by atoms with Gasteiger partial charge in [-0.3, -0.25) is 0 Å². The van der Waals surface area contributed by atoms with E-state index in [1.54, 1.807) is 6.07 Å².